The van der Waals surface area contributed by atoms with Gasteiger partial charge in [0.05, 0.1) is 11.1 Å². The Morgan fingerprint density at radius 1 is 1.10 bits per heavy atom. The zero-order valence-electron chi connectivity index (χ0n) is 16.3. The number of anilines is 2. The maximum atomic E-state index is 12.5. The third-order valence-electron chi connectivity index (χ3n) is 3.77. The summed E-state index contributed by atoms with van der Waals surface area (Å²) in [6.45, 7) is 4.20. The van der Waals surface area contributed by atoms with E-state index in [0.717, 1.165) is 5.56 Å². The molecule has 9 heteroatoms. The van der Waals surface area contributed by atoms with Gasteiger partial charge in [-0.15, -0.1) is 0 Å². The average molecular weight is 480 g/mol. The molecule has 0 bridgehead atoms. The van der Waals surface area contributed by atoms with Crippen molar-refractivity contribution >= 4 is 56.4 Å². The summed E-state index contributed by atoms with van der Waals surface area (Å²) in [7, 11) is 1.60. The van der Waals surface area contributed by atoms with Gasteiger partial charge in [0, 0.05) is 31.0 Å². The van der Waals surface area contributed by atoms with E-state index in [-0.39, 0.29) is 16.9 Å². The number of rotatable bonds is 7. The number of methoxy groups -OCH3 is 1. The summed E-state index contributed by atoms with van der Waals surface area (Å²) in [5, 5.41) is 8.46. The fourth-order valence-corrected chi connectivity index (χ4v) is 3.06. The highest BCUT2D eigenvalue weighted by atomic mass is 79.9. The number of amides is 2. The van der Waals surface area contributed by atoms with Crippen molar-refractivity contribution < 1.29 is 19.1 Å². The normalized spacial score (nSPS) is 10.2. The van der Waals surface area contributed by atoms with E-state index < -0.39 is 0 Å². The fourth-order valence-electron chi connectivity index (χ4n) is 2.36. The minimum Gasteiger partial charge on any atom is -0.490 e. The first-order valence-corrected chi connectivity index (χ1v) is 9.92. The van der Waals surface area contributed by atoms with E-state index in [4.69, 9.17) is 21.7 Å². The van der Waals surface area contributed by atoms with Crippen LogP contribution < -0.4 is 20.7 Å². The topological polar surface area (TPSA) is 88.7 Å². The number of thiocarbonyl (C=S) groups is 1. The molecule has 0 spiro atoms. The summed E-state index contributed by atoms with van der Waals surface area (Å²) in [5.74, 6) is 0.0895. The van der Waals surface area contributed by atoms with Gasteiger partial charge in [-0.25, -0.2) is 0 Å². The number of aryl methyl sites for hydroxylation is 1. The smallest absolute Gasteiger partial charge is 0.257 e. The Morgan fingerprint density at radius 2 is 1.86 bits per heavy atom. The van der Waals surface area contributed by atoms with Crippen molar-refractivity contribution in [2.75, 3.05) is 31.0 Å². The van der Waals surface area contributed by atoms with Gasteiger partial charge in [-0.3, -0.25) is 14.9 Å². The number of ether oxygens (including phenoxy) is 2. The molecule has 0 aromatic heterocycles. The number of benzene rings is 2. The fraction of sp³-hybridized carbons (Fsp3) is 0.250. The molecule has 0 radical (unpaired) electrons. The first-order chi connectivity index (χ1) is 13.8. The monoisotopic (exact) mass is 479 g/mol. The van der Waals surface area contributed by atoms with Crippen molar-refractivity contribution in [2.45, 2.75) is 13.8 Å². The Bertz CT molecular complexity index is 921. The number of carbonyl (C=O) groups excluding carboxylic acids is 2. The molecule has 154 valence electrons. The highest BCUT2D eigenvalue weighted by Crippen LogP contribution is 2.26. The molecule has 0 atom stereocenters. The molecule has 2 amide bonds. The van der Waals surface area contributed by atoms with Crippen molar-refractivity contribution in [3.8, 4) is 5.75 Å². The van der Waals surface area contributed by atoms with E-state index in [2.05, 4.69) is 31.9 Å². The third-order valence-corrected chi connectivity index (χ3v) is 4.60. The molecular formula is C20H22BrN3O4S. The molecule has 29 heavy (non-hydrogen) atoms. The summed E-state index contributed by atoms with van der Waals surface area (Å²) in [6, 6.07) is 10.4. The highest BCUT2D eigenvalue weighted by Gasteiger charge is 2.12. The largest absolute Gasteiger partial charge is 0.490 e. The van der Waals surface area contributed by atoms with Gasteiger partial charge in [0.25, 0.3) is 5.91 Å². The van der Waals surface area contributed by atoms with Gasteiger partial charge in [-0.1, -0.05) is 6.07 Å². The Labute approximate surface area is 183 Å². The molecule has 0 saturated heterocycles. The lowest BCUT2D eigenvalue weighted by molar-refractivity contribution is -0.114. The van der Waals surface area contributed by atoms with Crippen LogP contribution in [-0.4, -0.2) is 37.3 Å². The molecule has 0 aliphatic rings. The van der Waals surface area contributed by atoms with Crippen LogP contribution in [0.1, 0.15) is 22.8 Å². The molecule has 0 aliphatic heterocycles. The second-order valence-electron chi connectivity index (χ2n) is 6.11. The van der Waals surface area contributed by atoms with Crippen LogP contribution in [0.25, 0.3) is 0 Å². The zero-order valence-corrected chi connectivity index (χ0v) is 18.7. The molecule has 2 aromatic carbocycles. The maximum Gasteiger partial charge on any atom is 0.257 e. The van der Waals surface area contributed by atoms with Crippen LogP contribution >= 0.6 is 28.1 Å². The van der Waals surface area contributed by atoms with Gasteiger partial charge < -0.3 is 20.1 Å². The second kappa shape index (κ2) is 10.9. The molecule has 0 unspecified atom stereocenters. The first-order valence-electron chi connectivity index (χ1n) is 8.72. The minimum atomic E-state index is -0.360. The Morgan fingerprint density at radius 3 is 2.52 bits per heavy atom. The molecule has 2 aromatic rings. The van der Waals surface area contributed by atoms with Crippen LogP contribution in [-0.2, 0) is 9.53 Å². The van der Waals surface area contributed by atoms with E-state index in [1.807, 2.05) is 19.1 Å². The standard InChI is InChI=1S/C20H22BrN3O4S/c1-12-4-6-15(11-17(12)22-13(2)25)23-20(29)24-19(26)14-5-7-18(16(21)10-14)28-9-8-27-3/h4-7,10-11H,8-9H2,1-3H3,(H,22,25)(H2,23,24,26,29). The van der Waals surface area contributed by atoms with Crippen LogP contribution in [0, 0.1) is 6.92 Å². The Balaban J connectivity index is 1.99. The van der Waals surface area contributed by atoms with Gasteiger partial charge in [-0.05, 0) is 71.0 Å². The molecule has 0 aliphatic carbocycles. The van der Waals surface area contributed by atoms with Crippen molar-refractivity contribution in [3.63, 3.8) is 0 Å². The Kier molecular flexibility index (Phi) is 8.56. The minimum absolute atomic E-state index is 0.143. The lowest BCUT2D eigenvalue weighted by atomic mass is 10.2. The molecule has 2 rings (SSSR count). The van der Waals surface area contributed by atoms with Gasteiger partial charge in [0.15, 0.2) is 5.11 Å². The predicted molar refractivity (Wildman–Crippen MR) is 121 cm³/mol. The van der Waals surface area contributed by atoms with Gasteiger partial charge in [0.2, 0.25) is 5.91 Å². The van der Waals surface area contributed by atoms with Crippen molar-refractivity contribution in [3.05, 3.63) is 52.0 Å². The van der Waals surface area contributed by atoms with Gasteiger partial charge in [0.1, 0.15) is 12.4 Å². The summed E-state index contributed by atoms with van der Waals surface area (Å²) >= 11 is 8.62. The number of hydrogen-bond acceptors (Lipinski definition) is 5. The quantitative estimate of drug-likeness (QED) is 0.412. The number of carbonyl (C=O) groups is 2. The third kappa shape index (κ3) is 7.12. The van der Waals surface area contributed by atoms with Crippen LogP contribution in [0.2, 0.25) is 0 Å². The van der Waals surface area contributed by atoms with Crippen LogP contribution in [0.5, 0.6) is 5.75 Å². The van der Waals surface area contributed by atoms with E-state index in [1.54, 1.807) is 31.4 Å². The lowest BCUT2D eigenvalue weighted by Crippen LogP contribution is -2.34. The average Bonchev–Trinajstić information content (AvgIpc) is 2.65. The van der Waals surface area contributed by atoms with Crippen molar-refractivity contribution in [2.24, 2.45) is 0 Å². The SMILES string of the molecule is COCCOc1ccc(C(=O)NC(=S)Nc2ccc(C)c(NC(C)=O)c2)cc1Br. The molecule has 7 nitrogen and oxygen atoms in total. The van der Waals surface area contributed by atoms with Crippen LogP contribution in [0.4, 0.5) is 11.4 Å². The Hall–Kier alpha value is -2.49. The molecule has 0 fully saturated rings. The number of nitrogens with one attached hydrogen (secondary N) is 3. The summed E-state index contributed by atoms with van der Waals surface area (Å²) < 4.78 is 11.1. The highest BCUT2D eigenvalue weighted by molar-refractivity contribution is 9.10. The van der Waals surface area contributed by atoms with E-state index in [1.165, 1.54) is 6.92 Å². The van der Waals surface area contributed by atoms with E-state index in [0.29, 0.717) is 40.4 Å². The van der Waals surface area contributed by atoms with E-state index in [9.17, 15) is 9.59 Å². The predicted octanol–water partition coefficient (Wildman–Crippen LogP) is 3.87. The van der Waals surface area contributed by atoms with E-state index >= 15 is 0 Å². The van der Waals surface area contributed by atoms with Crippen molar-refractivity contribution in [1.29, 1.82) is 0 Å². The van der Waals surface area contributed by atoms with Gasteiger partial charge >= 0.3 is 0 Å². The summed E-state index contributed by atoms with van der Waals surface area (Å²) in [5.41, 5.74) is 2.65. The lowest BCUT2D eigenvalue weighted by Gasteiger charge is -2.13. The van der Waals surface area contributed by atoms with Gasteiger partial charge in [-0.2, -0.15) is 0 Å². The zero-order chi connectivity index (χ0) is 21.4. The second-order valence-corrected chi connectivity index (χ2v) is 7.37. The summed E-state index contributed by atoms with van der Waals surface area (Å²) in [6.07, 6.45) is 0. The number of halogens is 1. The van der Waals surface area contributed by atoms with Crippen molar-refractivity contribution in [1.82, 2.24) is 5.32 Å². The molecule has 3 N–H and O–H groups in total. The molecule has 0 heterocycles. The number of hydrogen-bond donors (Lipinski definition) is 3. The molecule has 0 saturated carbocycles. The first kappa shape index (κ1) is 22.8. The molecular weight excluding hydrogens is 458 g/mol. The maximum absolute atomic E-state index is 12.5. The van der Waals surface area contributed by atoms with Crippen LogP contribution in [0.3, 0.4) is 0 Å². The summed E-state index contributed by atoms with van der Waals surface area (Å²) in [4.78, 5) is 23.8. The van der Waals surface area contributed by atoms with Crippen LogP contribution in [0.15, 0.2) is 40.9 Å².